The first-order valence-corrected chi connectivity index (χ1v) is 13.2. The van der Waals surface area contributed by atoms with Crippen LogP contribution in [0.4, 0.5) is 16.4 Å². The number of hydrogen-bond donors (Lipinski definition) is 3. The normalized spacial score (nSPS) is 13.1. The molecule has 0 aliphatic carbocycles. The maximum atomic E-state index is 9.33. The average molecular weight is 543 g/mol. The quantitative estimate of drug-likeness (QED) is 0.182. The van der Waals surface area contributed by atoms with Crippen LogP contribution in [0.2, 0.25) is 5.02 Å². The van der Waals surface area contributed by atoms with Gasteiger partial charge in [0.25, 0.3) is 0 Å². The second-order valence-corrected chi connectivity index (χ2v) is 9.91. The molecule has 1 aromatic heterocycles. The number of thiophene rings is 1. The molecule has 4 rings (SSSR count). The van der Waals surface area contributed by atoms with Crippen LogP contribution in [0.5, 0.6) is 11.5 Å². The van der Waals surface area contributed by atoms with Crippen molar-refractivity contribution < 1.29 is 24.4 Å². The second-order valence-electron chi connectivity index (χ2n) is 8.48. The van der Waals surface area contributed by atoms with E-state index in [0.29, 0.717) is 41.8 Å². The number of fused-ring (bicyclic) bond motifs is 1. The SMILES string of the molecule is C=C=C(OC)c1sc(N2CNc3ccc(OC(CCO)CCO)cc32)cc1O[C@H](C)c1ccccc1Cl. The van der Waals surface area contributed by atoms with Gasteiger partial charge in [-0.15, -0.1) is 11.3 Å². The summed E-state index contributed by atoms with van der Waals surface area (Å²) in [5, 5.41) is 23.7. The smallest absolute Gasteiger partial charge is 0.182 e. The van der Waals surface area contributed by atoms with E-state index in [4.69, 9.17) is 25.8 Å². The summed E-state index contributed by atoms with van der Waals surface area (Å²) in [4.78, 5) is 2.91. The van der Waals surface area contributed by atoms with Gasteiger partial charge in [-0.3, -0.25) is 0 Å². The predicted octanol–water partition coefficient (Wildman–Crippen LogP) is 6.35. The Bertz CT molecular complexity index is 1270. The molecule has 1 aliphatic heterocycles. The first-order chi connectivity index (χ1) is 18.0. The summed E-state index contributed by atoms with van der Waals surface area (Å²) < 4.78 is 18.0. The Morgan fingerprint density at radius 3 is 2.59 bits per heavy atom. The summed E-state index contributed by atoms with van der Waals surface area (Å²) in [5.74, 6) is 1.81. The van der Waals surface area contributed by atoms with Crippen molar-refractivity contribution in [3.8, 4) is 11.5 Å². The molecule has 0 bridgehead atoms. The maximum Gasteiger partial charge on any atom is 0.182 e. The molecule has 3 aromatic rings. The number of nitrogens with one attached hydrogen (secondary N) is 1. The minimum absolute atomic E-state index is 0.00466. The van der Waals surface area contributed by atoms with Crippen LogP contribution >= 0.6 is 22.9 Å². The molecule has 0 unspecified atom stereocenters. The van der Waals surface area contributed by atoms with Gasteiger partial charge in [-0.2, -0.15) is 0 Å². The topological polar surface area (TPSA) is 83.4 Å². The van der Waals surface area contributed by atoms with Crippen LogP contribution < -0.4 is 19.7 Å². The van der Waals surface area contributed by atoms with Gasteiger partial charge in [0.2, 0.25) is 0 Å². The Kier molecular flexibility index (Phi) is 9.03. The molecule has 3 N–H and O–H groups in total. The number of rotatable bonds is 12. The number of aliphatic hydroxyl groups excluding tert-OH is 2. The summed E-state index contributed by atoms with van der Waals surface area (Å²) in [6.07, 6.45) is 0.340. The minimum Gasteiger partial charge on any atom is -0.490 e. The van der Waals surface area contributed by atoms with Crippen molar-refractivity contribution in [1.82, 2.24) is 0 Å². The molecule has 0 saturated heterocycles. The Labute approximate surface area is 226 Å². The molecule has 0 saturated carbocycles. The highest BCUT2D eigenvalue weighted by Gasteiger charge is 2.27. The number of ether oxygens (including phenoxy) is 3. The van der Waals surface area contributed by atoms with Crippen LogP contribution in [0.25, 0.3) is 5.76 Å². The molecular weight excluding hydrogens is 512 g/mol. The maximum absolute atomic E-state index is 9.33. The van der Waals surface area contributed by atoms with Gasteiger partial charge < -0.3 is 34.6 Å². The van der Waals surface area contributed by atoms with Crippen molar-refractivity contribution in [1.29, 1.82) is 0 Å². The Morgan fingerprint density at radius 1 is 1.16 bits per heavy atom. The zero-order chi connectivity index (χ0) is 26.4. The first-order valence-electron chi connectivity index (χ1n) is 12.0. The molecular formula is C28H31ClN2O5S. The number of methoxy groups -OCH3 is 1. The number of hydrogen-bond acceptors (Lipinski definition) is 8. The van der Waals surface area contributed by atoms with Gasteiger partial charge in [-0.25, -0.2) is 0 Å². The van der Waals surface area contributed by atoms with Crippen molar-refractivity contribution in [2.45, 2.75) is 32.0 Å². The van der Waals surface area contributed by atoms with E-state index in [9.17, 15) is 10.2 Å². The molecule has 1 atom stereocenters. The molecule has 2 aromatic carbocycles. The zero-order valence-electron chi connectivity index (χ0n) is 20.9. The Hall–Kier alpha value is -3.13. The Morgan fingerprint density at radius 2 is 1.92 bits per heavy atom. The van der Waals surface area contributed by atoms with Gasteiger partial charge in [0.05, 0.1) is 25.2 Å². The van der Waals surface area contributed by atoms with E-state index in [1.165, 1.54) is 11.3 Å². The van der Waals surface area contributed by atoms with E-state index in [2.05, 4.69) is 22.5 Å². The van der Waals surface area contributed by atoms with Gasteiger partial charge in [0, 0.05) is 48.8 Å². The van der Waals surface area contributed by atoms with E-state index < -0.39 is 0 Å². The molecule has 0 spiro atoms. The number of benzene rings is 2. The molecule has 7 nitrogen and oxygen atoms in total. The van der Waals surface area contributed by atoms with Crippen molar-refractivity contribution in [3.05, 3.63) is 76.3 Å². The molecule has 1 aliphatic rings. The number of aliphatic hydroxyl groups is 2. The lowest BCUT2D eigenvalue weighted by atomic mass is 10.1. The summed E-state index contributed by atoms with van der Waals surface area (Å²) in [7, 11) is 1.58. The zero-order valence-corrected chi connectivity index (χ0v) is 22.4. The minimum atomic E-state index is -0.295. The van der Waals surface area contributed by atoms with Crippen LogP contribution in [0.15, 0.2) is 60.8 Å². The van der Waals surface area contributed by atoms with E-state index in [-0.39, 0.29) is 25.4 Å². The van der Waals surface area contributed by atoms with Crippen molar-refractivity contribution in [2.24, 2.45) is 0 Å². The van der Waals surface area contributed by atoms with E-state index in [0.717, 1.165) is 26.8 Å². The van der Waals surface area contributed by atoms with Gasteiger partial charge in [-0.1, -0.05) is 42.1 Å². The Balaban J connectivity index is 1.65. The first kappa shape index (κ1) is 26.9. The summed E-state index contributed by atoms with van der Waals surface area (Å²) in [6.45, 7) is 6.29. The lowest BCUT2D eigenvalue weighted by Crippen LogP contribution is -2.20. The van der Waals surface area contributed by atoms with E-state index in [1.807, 2.05) is 55.5 Å². The monoisotopic (exact) mass is 542 g/mol. The van der Waals surface area contributed by atoms with Crippen LogP contribution in [-0.4, -0.2) is 43.3 Å². The molecule has 37 heavy (non-hydrogen) atoms. The highest BCUT2D eigenvalue weighted by atomic mass is 35.5. The molecule has 9 heteroatoms. The van der Waals surface area contributed by atoms with Crippen molar-refractivity contribution in [2.75, 3.05) is 37.2 Å². The predicted molar refractivity (Wildman–Crippen MR) is 149 cm³/mol. The standard InChI is InChI=1S/C28H31ClN2O5S/c1-4-25(34-3)28-26(35-18(2)21-7-5-6-8-22(21)29)16-27(37-28)31-17-30-23-10-9-20(15-24(23)31)36-19(11-13-32)12-14-33/h5-10,15-16,18-19,30,32-33H,1,11-14,17H2,2-3H3/t18-/m1/s1. The molecule has 196 valence electrons. The van der Waals surface area contributed by atoms with Crippen LogP contribution in [-0.2, 0) is 4.74 Å². The number of halogens is 1. The summed E-state index contributed by atoms with van der Waals surface area (Å²) in [5.41, 5.74) is 5.67. The highest BCUT2D eigenvalue weighted by Crippen LogP contribution is 2.47. The van der Waals surface area contributed by atoms with E-state index in [1.54, 1.807) is 7.11 Å². The third-order valence-corrected chi connectivity index (χ3v) is 7.54. The number of nitrogens with zero attached hydrogens (tertiary/aromatic N) is 1. The lowest BCUT2D eigenvalue weighted by Gasteiger charge is -2.20. The van der Waals surface area contributed by atoms with Gasteiger partial charge >= 0.3 is 0 Å². The lowest BCUT2D eigenvalue weighted by molar-refractivity contribution is 0.123. The van der Waals surface area contributed by atoms with Crippen molar-refractivity contribution >= 4 is 45.1 Å². The highest BCUT2D eigenvalue weighted by molar-refractivity contribution is 7.17. The second kappa shape index (κ2) is 12.4. The van der Waals surface area contributed by atoms with Gasteiger partial charge in [0.1, 0.15) is 33.6 Å². The fourth-order valence-corrected chi connectivity index (χ4v) is 5.58. The summed E-state index contributed by atoms with van der Waals surface area (Å²) in [6, 6.07) is 15.4. The van der Waals surface area contributed by atoms with Crippen molar-refractivity contribution in [3.63, 3.8) is 0 Å². The summed E-state index contributed by atoms with van der Waals surface area (Å²) >= 11 is 7.92. The van der Waals surface area contributed by atoms with Gasteiger partial charge in [0.15, 0.2) is 5.76 Å². The van der Waals surface area contributed by atoms with Crippen LogP contribution in [0.3, 0.4) is 0 Å². The number of anilines is 3. The third kappa shape index (κ3) is 6.06. The third-order valence-electron chi connectivity index (χ3n) is 6.06. The van der Waals surface area contributed by atoms with Crippen LogP contribution in [0.1, 0.15) is 36.3 Å². The molecule has 0 radical (unpaired) electrons. The van der Waals surface area contributed by atoms with Gasteiger partial charge in [-0.05, 0) is 25.1 Å². The molecule has 0 fully saturated rings. The molecule has 2 heterocycles. The van der Waals surface area contributed by atoms with E-state index >= 15 is 0 Å². The fourth-order valence-electron chi connectivity index (χ4n) is 4.19. The molecule has 0 amide bonds. The largest absolute Gasteiger partial charge is 0.490 e. The average Bonchev–Trinajstić information content (AvgIpc) is 3.49. The fraction of sp³-hybridized carbons (Fsp3) is 0.321. The van der Waals surface area contributed by atoms with Crippen LogP contribution in [0, 0.1) is 0 Å².